The second-order valence-corrected chi connectivity index (χ2v) is 11.3. The van der Waals surface area contributed by atoms with E-state index < -0.39 is 0 Å². The lowest BCUT2D eigenvalue weighted by molar-refractivity contribution is 0.0442. The first kappa shape index (κ1) is 28.0. The van der Waals surface area contributed by atoms with Gasteiger partial charge < -0.3 is 25.2 Å². The van der Waals surface area contributed by atoms with Crippen molar-refractivity contribution in [2.75, 3.05) is 37.1 Å². The summed E-state index contributed by atoms with van der Waals surface area (Å²) in [7, 11) is 0. The first-order valence-corrected chi connectivity index (χ1v) is 14.7. The van der Waals surface area contributed by atoms with Gasteiger partial charge in [0.25, 0.3) is 5.56 Å². The van der Waals surface area contributed by atoms with Crippen LogP contribution in [0.25, 0.3) is 10.9 Å². The Morgan fingerprint density at radius 3 is 2.60 bits per heavy atom. The van der Waals surface area contributed by atoms with Gasteiger partial charge >= 0.3 is 0 Å². The number of hydrogen-bond donors (Lipinski definition) is 3. The third-order valence-electron chi connectivity index (χ3n) is 8.12. The zero-order valence-electron chi connectivity index (χ0n) is 24.3. The Kier molecular flexibility index (Phi) is 7.74. The predicted molar refractivity (Wildman–Crippen MR) is 165 cm³/mol. The molecule has 1 spiro atoms. The normalized spacial score (nSPS) is 16.9. The number of nitrogens with one attached hydrogen (secondary N) is 2. The Balaban J connectivity index is 1.37. The van der Waals surface area contributed by atoms with Gasteiger partial charge in [0.05, 0.1) is 34.8 Å². The molecule has 0 bridgehead atoms. The number of benzene rings is 2. The molecule has 3 N–H and O–H groups in total. The van der Waals surface area contributed by atoms with Gasteiger partial charge in [-0.05, 0) is 57.4 Å². The molecule has 1 atom stereocenters. The van der Waals surface area contributed by atoms with Crippen LogP contribution in [-0.2, 0) is 16.0 Å². The molecule has 0 aliphatic carbocycles. The van der Waals surface area contributed by atoms with Crippen LogP contribution in [0.15, 0.2) is 70.6 Å². The van der Waals surface area contributed by atoms with Gasteiger partial charge in [-0.25, -0.2) is 14.7 Å². The van der Waals surface area contributed by atoms with Crippen molar-refractivity contribution in [1.82, 2.24) is 14.3 Å². The van der Waals surface area contributed by atoms with Crippen LogP contribution in [0.5, 0.6) is 0 Å². The Hall–Kier alpha value is -4.15. The van der Waals surface area contributed by atoms with E-state index in [1.807, 2.05) is 66.2 Å². The highest BCUT2D eigenvalue weighted by atomic mass is 16.5. The highest BCUT2D eigenvalue weighted by molar-refractivity contribution is 6.01. The van der Waals surface area contributed by atoms with Gasteiger partial charge in [-0.3, -0.25) is 9.48 Å². The van der Waals surface area contributed by atoms with E-state index in [1.54, 1.807) is 10.9 Å². The maximum atomic E-state index is 13.0. The lowest BCUT2D eigenvalue weighted by Crippen LogP contribution is -2.35. The maximum Gasteiger partial charge on any atom is 0.274 e. The predicted octanol–water partition coefficient (Wildman–Crippen LogP) is 5.01. The van der Waals surface area contributed by atoms with Crippen molar-refractivity contribution in [2.24, 2.45) is 4.99 Å². The fraction of sp³-hybridized carbons (Fsp3) is 0.406. The molecule has 0 saturated carbocycles. The molecule has 2 aromatic carbocycles. The number of fused-ring (bicyclic) bond motifs is 1. The van der Waals surface area contributed by atoms with Gasteiger partial charge in [0.1, 0.15) is 18.0 Å². The SMILES string of the molecule is CCn1c(=O)c2ccc(Nc3cc(N[C@H](CO)c4ccccc4)c(C4=NC5(CCOCC5)CO4)cn3)cc2n1C(C)C. The van der Waals surface area contributed by atoms with Crippen LogP contribution in [0.1, 0.15) is 56.8 Å². The second-order valence-electron chi connectivity index (χ2n) is 11.3. The molecule has 10 heteroatoms. The number of aliphatic imine (C=N–C) groups is 1. The van der Waals surface area contributed by atoms with Crippen LogP contribution < -0.4 is 16.2 Å². The quantitative estimate of drug-likeness (QED) is 0.259. The second kappa shape index (κ2) is 11.6. The summed E-state index contributed by atoms with van der Waals surface area (Å²) in [5, 5.41) is 17.9. The van der Waals surface area contributed by atoms with Crippen molar-refractivity contribution >= 4 is 34.0 Å². The highest BCUT2D eigenvalue weighted by Crippen LogP contribution is 2.34. The smallest absolute Gasteiger partial charge is 0.274 e. The largest absolute Gasteiger partial charge is 0.475 e. The Bertz CT molecular complexity index is 1650. The minimum atomic E-state index is -0.343. The van der Waals surface area contributed by atoms with Crippen molar-refractivity contribution in [3.63, 3.8) is 0 Å². The Morgan fingerprint density at radius 1 is 1.10 bits per heavy atom. The van der Waals surface area contributed by atoms with Crippen LogP contribution >= 0.6 is 0 Å². The number of aliphatic hydroxyl groups is 1. The zero-order chi connectivity index (χ0) is 29.3. The average molecular weight is 571 g/mol. The third-order valence-corrected chi connectivity index (χ3v) is 8.12. The van der Waals surface area contributed by atoms with E-state index in [-0.39, 0.29) is 29.8 Å². The van der Waals surface area contributed by atoms with E-state index in [9.17, 15) is 9.90 Å². The van der Waals surface area contributed by atoms with E-state index in [1.165, 1.54) is 0 Å². The molecule has 42 heavy (non-hydrogen) atoms. The van der Waals surface area contributed by atoms with E-state index in [0.29, 0.717) is 43.5 Å². The first-order valence-electron chi connectivity index (χ1n) is 14.7. The summed E-state index contributed by atoms with van der Waals surface area (Å²) in [5.74, 6) is 1.16. The highest BCUT2D eigenvalue weighted by Gasteiger charge is 2.39. The van der Waals surface area contributed by atoms with Gasteiger partial charge in [0.15, 0.2) is 0 Å². The summed E-state index contributed by atoms with van der Waals surface area (Å²) in [6, 6.07) is 17.3. The minimum Gasteiger partial charge on any atom is -0.475 e. The van der Waals surface area contributed by atoms with Crippen LogP contribution in [0.4, 0.5) is 17.2 Å². The third kappa shape index (κ3) is 5.28. The summed E-state index contributed by atoms with van der Waals surface area (Å²) in [6.45, 7) is 8.49. The van der Waals surface area contributed by atoms with E-state index in [4.69, 9.17) is 19.5 Å². The summed E-state index contributed by atoms with van der Waals surface area (Å²) in [6.07, 6.45) is 3.40. The number of hydrogen-bond acceptors (Lipinski definition) is 8. The standard InChI is InChI=1S/C32H38N6O4/c1-4-37-31(40)24-11-10-23(16-28(24)38(37)21(2)3)34-29-17-26(35-27(19-39)22-8-6-5-7-9-22)25(18-33-29)30-36-32(20-42-30)12-14-41-15-13-32/h5-11,16-18,21,27,39H,4,12-15,19-20H2,1-3H3,(H2,33,34,35)/t27-/m1/s1. The van der Waals surface area contributed by atoms with Gasteiger partial charge in [-0.15, -0.1) is 0 Å². The van der Waals surface area contributed by atoms with Crippen LogP contribution in [0.2, 0.25) is 0 Å². The van der Waals surface area contributed by atoms with Crippen molar-refractivity contribution < 1.29 is 14.6 Å². The number of aliphatic hydroxyl groups excluding tert-OH is 1. The maximum absolute atomic E-state index is 13.0. The Morgan fingerprint density at radius 2 is 1.88 bits per heavy atom. The molecule has 2 aliphatic heterocycles. The van der Waals surface area contributed by atoms with Gasteiger partial charge in [-0.1, -0.05) is 30.3 Å². The molecule has 10 nitrogen and oxygen atoms in total. The molecule has 2 aromatic heterocycles. The van der Waals surface area contributed by atoms with Gasteiger partial charge in [-0.2, -0.15) is 0 Å². The van der Waals surface area contributed by atoms with Crippen LogP contribution in [0.3, 0.4) is 0 Å². The molecule has 220 valence electrons. The molecule has 0 amide bonds. The molecule has 4 aromatic rings. The van der Waals surface area contributed by atoms with E-state index in [0.717, 1.165) is 40.9 Å². The van der Waals surface area contributed by atoms with E-state index in [2.05, 4.69) is 24.5 Å². The first-order chi connectivity index (χ1) is 20.4. The molecule has 2 aliphatic rings. The summed E-state index contributed by atoms with van der Waals surface area (Å²) < 4.78 is 15.5. The topological polar surface area (TPSA) is 115 Å². The molecular weight excluding hydrogens is 532 g/mol. The van der Waals surface area contributed by atoms with Crippen molar-refractivity contribution in [1.29, 1.82) is 0 Å². The Labute approximate surface area is 245 Å². The van der Waals surface area contributed by atoms with E-state index >= 15 is 0 Å². The number of ether oxygens (including phenoxy) is 2. The number of rotatable bonds is 9. The van der Waals surface area contributed by atoms with Crippen LogP contribution in [0, 0.1) is 0 Å². The fourth-order valence-electron chi connectivity index (χ4n) is 5.90. The lowest BCUT2D eigenvalue weighted by atomic mass is 9.92. The molecule has 0 radical (unpaired) electrons. The summed E-state index contributed by atoms with van der Waals surface area (Å²) >= 11 is 0. The van der Waals surface area contributed by atoms with Crippen LogP contribution in [-0.4, -0.2) is 57.3 Å². The summed E-state index contributed by atoms with van der Waals surface area (Å²) in [5.41, 5.74) is 3.87. The molecule has 6 rings (SSSR count). The lowest BCUT2D eigenvalue weighted by Gasteiger charge is -2.28. The molecule has 0 unspecified atom stereocenters. The molecule has 1 fully saturated rings. The fourth-order valence-corrected chi connectivity index (χ4v) is 5.90. The minimum absolute atomic E-state index is 0.0114. The average Bonchev–Trinajstić information content (AvgIpc) is 3.54. The number of aromatic nitrogens is 3. The molecule has 4 heterocycles. The number of nitrogens with zero attached hydrogens (tertiary/aromatic N) is 4. The van der Waals surface area contributed by atoms with Gasteiger partial charge in [0, 0.05) is 43.8 Å². The monoisotopic (exact) mass is 570 g/mol. The zero-order valence-corrected chi connectivity index (χ0v) is 24.3. The summed E-state index contributed by atoms with van der Waals surface area (Å²) in [4.78, 5) is 22.7. The number of anilines is 3. The molecular formula is C32H38N6O4. The van der Waals surface area contributed by atoms with Crippen molar-refractivity contribution in [2.45, 2.75) is 57.8 Å². The number of pyridine rings is 1. The van der Waals surface area contributed by atoms with Crippen molar-refractivity contribution in [3.8, 4) is 0 Å². The van der Waals surface area contributed by atoms with Crippen molar-refractivity contribution in [3.05, 3.63) is 82.3 Å². The molecule has 1 saturated heterocycles. The van der Waals surface area contributed by atoms with Gasteiger partial charge in [0.2, 0.25) is 5.90 Å².